The molecule has 2 aliphatic heterocycles. The third-order valence-corrected chi connectivity index (χ3v) is 6.27. The lowest BCUT2D eigenvalue weighted by Crippen LogP contribution is -2.62. The van der Waals surface area contributed by atoms with Gasteiger partial charge in [0.05, 0.1) is 17.2 Å². The van der Waals surface area contributed by atoms with E-state index in [1.54, 1.807) is 13.1 Å². The minimum Gasteiger partial charge on any atom is -0.466 e. The molecule has 0 aromatic heterocycles. The zero-order valence-corrected chi connectivity index (χ0v) is 14.6. The number of anilines is 1. The Balaban J connectivity index is 1.85. The Bertz CT molecular complexity index is 820. The van der Waals surface area contributed by atoms with Gasteiger partial charge in [0.15, 0.2) is 9.84 Å². The summed E-state index contributed by atoms with van der Waals surface area (Å²) in [4.78, 5) is 26.7. The van der Waals surface area contributed by atoms with Crippen molar-refractivity contribution in [1.82, 2.24) is 5.32 Å². The second-order valence-corrected chi connectivity index (χ2v) is 8.77. The summed E-state index contributed by atoms with van der Waals surface area (Å²) in [5.41, 5.74) is -0.140. The third kappa shape index (κ3) is 2.75. The van der Waals surface area contributed by atoms with Crippen LogP contribution in [0.15, 0.2) is 18.2 Å². The zero-order valence-electron chi connectivity index (χ0n) is 13.8. The maximum atomic E-state index is 12.7. The molecule has 0 saturated carbocycles. The van der Waals surface area contributed by atoms with Gasteiger partial charge in [0, 0.05) is 13.1 Å². The normalized spacial score (nSPS) is 28.2. The first-order valence-electron chi connectivity index (χ1n) is 7.71. The summed E-state index contributed by atoms with van der Waals surface area (Å²) >= 11 is 0. The number of hydrogen-bond donors (Lipinski definition) is 1. The molecular weight excluding hydrogens is 332 g/mol. The number of amides is 2. The van der Waals surface area contributed by atoms with E-state index >= 15 is 0 Å². The van der Waals surface area contributed by atoms with Gasteiger partial charge in [0.2, 0.25) is 0 Å². The number of likely N-dealkylation sites (N-methyl/N-ethyl adjacent to an activating group) is 1. The molecule has 3 rings (SSSR count). The molecule has 2 aliphatic rings. The van der Waals surface area contributed by atoms with E-state index in [0.29, 0.717) is 17.9 Å². The van der Waals surface area contributed by atoms with Crippen LogP contribution < -0.4 is 15.0 Å². The Kier molecular flexibility index (Phi) is 3.82. The molecule has 7 nitrogen and oxygen atoms in total. The lowest BCUT2D eigenvalue weighted by Gasteiger charge is -2.38. The summed E-state index contributed by atoms with van der Waals surface area (Å²) < 4.78 is 28.8. The summed E-state index contributed by atoms with van der Waals surface area (Å²) in [5, 5.41) is 2.65. The van der Waals surface area contributed by atoms with E-state index in [9.17, 15) is 18.0 Å². The maximum Gasteiger partial charge on any atom is 0.280 e. The molecule has 1 aromatic rings. The number of carbonyl (C=O) groups excluding carboxylic acids is 2. The molecule has 2 heterocycles. The van der Waals surface area contributed by atoms with Crippen molar-refractivity contribution in [3.8, 4) is 5.75 Å². The highest BCUT2D eigenvalue weighted by Gasteiger charge is 2.50. The first-order valence-corrected chi connectivity index (χ1v) is 9.54. The predicted octanol–water partition coefficient (Wildman–Crippen LogP) is 0.412. The van der Waals surface area contributed by atoms with E-state index in [-0.39, 0.29) is 11.5 Å². The first-order chi connectivity index (χ1) is 11.1. The van der Waals surface area contributed by atoms with Gasteiger partial charge in [-0.3, -0.25) is 9.59 Å². The fourth-order valence-electron chi connectivity index (χ4n) is 3.04. The fraction of sp³-hybridized carbons (Fsp3) is 0.500. The second-order valence-electron chi connectivity index (χ2n) is 6.54. The summed E-state index contributed by atoms with van der Waals surface area (Å²) in [6, 6.07) is 4.89. The molecule has 1 N–H and O–H groups in total. The van der Waals surface area contributed by atoms with Crippen LogP contribution in [-0.4, -0.2) is 50.4 Å². The van der Waals surface area contributed by atoms with Crippen LogP contribution in [0.1, 0.15) is 18.9 Å². The summed E-state index contributed by atoms with van der Waals surface area (Å²) in [6.45, 7) is 3.31. The molecule has 0 aliphatic carbocycles. The van der Waals surface area contributed by atoms with Gasteiger partial charge >= 0.3 is 0 Å². The monoisotopic (exact) mass is 352 g/mol. The lowest BCUT2D eigenvalue weighted by atomic mass is 9.99. The Hall–Kier alpha value is -2.09. The SMILES string of the molecule is Cc1ccc2c(c1)N(C)C(=O)C(C)(C(=O)NC1CCS(=O)(=O)C1)O2. The number of aryl methyl sites for hydroxylation is 1. The molecule has 2 atom stereocenters. The van der Waals surface area contributed by atoms with Crippen LogP contribution >= 0.6 is 0 Å². The van der Waals surface area contributed by atoms with E-state index in [0.717, 1.165) is 5.56 Å². The minimum absolute atomic E-state index is 0.0471. The highest BCUT2D eigenvalue weighted by molar-refractivity contribution is 7.91. The van der Waals surface area contributed by atoms with Crippen molar-refractivity contribution in [1.29, 1.82) is 0 Å². The molecule has 2 amide bonds. The molecule has 0 radical (unpaired) electrons. The van der Waals surface area contributed by atoms with Gasteiger partial charge in [-0.25, -0.2) is 8.42 Å². The molecule has 0 bridgehead atoms. The summed E-state index contributed by atoms with van der Waals surface area (Å²) in [6.07, 6.45) is 0.351. The van der Waals surface area contributed by atoms with Crippen molar-refractivity contribution in [3.63, 3.8) is 0 Å². The van der Waals surface area contributed by atoms with E-state index in [1.807, 2.05) is 19.1 Å². The van der Waals surface area contributed by atoms with Gasteiger partial charge in [0.1, 0.15) is 5.75 Å². The molecule has 24 heavy (non-hydrogen) atoms. The number of nitrogens with one attached hydrogen (secondary N) is 1. The molecule has 1 saturated heterocycles. The number of benzene rings is 1. The van der Waals surface area contributed by atoms with Crippen LogP contribution in [0.5, 0.6) is 5.75 Å². The maximum absolute atomic E-state index is 12.7. The quantitative estimate of drug-likeness (QED) is 0.779. The van der Waals surface area contributed by atoms with Gasteiger partial charge < -0.3 is 15.0 Å². The first kappa shape index (κ1) is 16.8. The number of carbonyl (C=O) groups is 2. The van der Waals surface area contributed by atoms with Gasteiger partial charge in [-0.1, -0.05) is 6.07 Å². The van der Waals surface area contributed by atoms with Gasteiger partial charge in [-0.2, -0.15) is 0 Å². The molecular formula is C16H20N2O5S. The standard InChI is InChI=1S/C16H20N2O5S/c1-10-4-5-13-12(8-10)18(3)15(20)16(2,23-13)14(19)17-11-6-7-24(21,22)9-11/h4-5,8,11H,6-7,9H2,1-3H3,(H,17,19). The van der Waals surface area contributed by atoms with Crippen LogP contribution in [0, 0.1) is 6.92 Å². The highest BCUT2D eigenvalue weighted by atomic mass is 32.2. The van der Waals surface area contributed by atoms with Crippen molar-refractivity contribution in [2.75, 3.05) is 23.5 Å². The average Bonchev–Trinajstić information content (AvgIpc) is 2.85. The summed E-state index contributed by atoms with van der Waals surface area (Å²) in [5.74, 6) is -0.717. The number of hydrogen-bond acceptors (Lipinski definition) is 5. The van der Waals surface area contributed by atoms with E-state index in [2.05, 4.69) is 5.32 Å². The Morgan fingerprint density at radius 3 is 2.75 bits per heavy atom. The van der Waals surface area contributed by atoms with E-state index in [1.165, 1.54) is 11.8 Å². The van der Waals surface area contributed by atoms with Gasteiger partial charge in [0.25, 0.3) is 17.4 Å². The lowest BCUT2D eigenvalue weighted by molar-refractivity contribution is -0.148. The minimum atomic E-state index is -3.12. The van der Waals surface area contributed by atoms with Gasteiger partial charge in [-0.15, -0.1) is 0 Å². The molecule has 130 valence electrons. The number of rotatable bonds is 2. The van der Waals surface area contributed by atoms with E-state index in [4.69, 9.17) is 4.74 Å². The van der Waals surface area contributed by atoms with E-state index < -0.39 is 33.3 Å². The Morgan fingerprint density at radius 1 is 1.42 bits per heavy atom. The summed E-state index contributed by atoms with van der Waals surface area (Å²) in [7, 11) is -1.53. The number of ether oxygens (including phenoxy) is 1. The third-order valence-electron chi connectivity index (χ3n) is 4.50. The fourth-order valence-corrected chi connectivity index (χ4v) is 4.72. The average molecular weight is 352 g/mol. The molecule has 1 fully saturated rings. The largest absolute Gasteiger partial charge is 0.466 e. The molecule has 0 spiro atoms. The Labute approximate surface area is 140 Å². The second kappa shape index (κ2) is 5.47. The van der Waals surface area contributed by atoms with Crippen molar-refractivity contribution >= 4 is 27.3 Å². The van der Waals surface area contributed by atoms with Crippen LogP contribution in [0.3, 0.4) is 0 Å². The highest BCUT2D eigenvalue weighted by Crippen LogP contribution is 2.37. The smallest absolute Gasteiger partial charge is 0.280 e. The van der Waals surface area contributed by atoms with Crippen molar-refractivity contribution in [2.24, 2.45) is 0 Å². The Morgan fingerprint density at radius 2 is 2.12 bits per heavy atom. The molecule has 2 unspecified atom stereocenters. The topological polar surface area (TPSA) is 92.8 Å². The van der Waals surface area contributed by atoms with Gasteiger partial charge in [-0.05, 0) is 38.0 Å². The van der Waals surface area contributed by atoms with Crippen molar-refractivity contribution < 1.29 is 22.7 Å². The zero-order chi connectivity index (χ0) is 17.7. The number of fused-ring (bicyclic) bond motifs is 1. The predicted molar refractivity (Wildman–Crippen MR) is 88.8 cm³/mol. The van der Waals surface area contributed by atoms with Crippen LogP contribution in [-0.2, 0) is 19.4 Å². The van der Waals surface area contributed by atoms with Crippen molar-refractivity contribution in [3.05, 3.63) is 23.8 Å². The molecule has 8 heteroatoms. The van der Waals surface area contributed by atoms with Crippen LogP contribution in [0.25, 0.3) is 0 Å². The number of nitrogens with zero attached hydrogens (tertiary/aromatic N) is 1. The number of sulfone groups is 1. The van der Waals surface area contributed by atoms with Crippen molar-refractivity contribution in [2.45, 2.75) is 31.9 Å². The molecule has 1 aromatic carbocycles. The van der Waals surface area contributed by atoms with Crippen LogP contribution in [0.2, 0.25) is 0 Å². The van der Waals surface area contributed by atoms with Crippen LogP contribution in [0.4, 0.5) is 5.69 Å².